The van der Waals surface area contributed by atoms with Crippen molar-refractivity contribution in [1.29, 1.82) is 0 Å². The molecule has 3 aromatic rings. The van der Waals surface area contributed by atoms with Crippen LogP contribution < -0.4 is 16.4 Å². The molecule has 1 fully saturated rings. The number of halogens is 1. The molecule has 0 aliphatic heterocycles. The first-order valence-corrected chi connectivity index (χ1v) is 14.4. The summed E-state index contributed by atoms with van der Waals surface area (Å²) in [4.78, 5) is 44.0. The van der Waals surface area contributed by atoms with Crippen molar-refractivity contribution in [2.24, 2.45) is 17.4 Å². The van der Waals surface area contributed by atoms with Crippen molar-refractivity contribution >= 4 is 35.4 Å². The Kier molecular flexibility index (Phi) is 9.76. The summed E-state index contributed by atoms with van der Waals surface area (Å²) in [6.07, 6.45) is 8.13. The van der Waals surface area contributed by atoms with E-state index >= 15 is 0 Å². The van der Waals surface area contributed by atoms with Crippen molar-refractivity contribution < 1.29 is 14.4 Å². The van der Waals surface area contributed by atoms with Gasteiger partial charge in [-0.05, 0) is 48.4 Å². The first-order chi connectivity index (χ1) is 19.3. The van der Waals surface area contributed by atoms with Crippen molar-refractivity contribution in [2.75, 3.05) is 11.4 Å². The molecule has 2 aromatic carbocycles. The highest BCUT2D eigenvalue weighted by Crippen LogP contribution is 2.40. The predicted molar refractivity (Wildman–Crippen MR) is 157 cm³/mol. The van der Waals surface area contributed by atoms with Crippen LogP contribution in [-0.4, -0.2) is 34.2 Å². The van der Waals surface area contributed by atoms with E-state index in [1.807, 2.05) is 47.0 Å². The maximum Gasteiger partial charge on any atom is 0.252 e. The zero-order valence-electron chi connectivity index (χ0n) is 23.0. The third kappa shape index (κ3) is 6.29. The van der Waals surface area contributed by atoms with Gasteiger partial charge in [-0.15, -0.1) is 0 Å². The Hall–Kier alpha value is -3.49. The van der Waals surface area contributed by atoms with Gasteiger partial charge in [0.1, 0.15) is 23.6 Å². The number of nitrogens with two attached hydrogens (primary N) is 2. The molecule has 1 aliphatic rings. The fourth-order valence-electron chi connectivity index (χ4n) is 5.72. The van der Waals surface area contributed by atoms with Gasteiger partial charge in [0, 0.05) is 18.7 Å². The van der Waals surface area contributed by atoms with Crippen LogP contribution in [0.15, 0.2) is 54.6 Å². The van der Waals surface area contributed by atoms with Gasteiger partial charge in [-0.3, -0.25) is 14.4 Å². The van der Waals surface area contributed by atoms with Gasteiger partial charge in [0.25, 0.3) is 5.91 Å². The predicted octanol–water partition coefficient (Wildman–Crippen LogP) is 4.99. The van der Waals surface area contributed by atoms with Gasteiger partial charge < -0.3 is 20.9 Å². The van der Waals surface area contributed by atoms with E-state index < -0.39 is 11.4 Å². The Balaban J connectivity index is 1.70. The summed E-state index contributed by atoms with van der Waals surface area (Å²) in [5.41, 5.74) is 13.9. The topological polar surface area (TPSA) is 124 Å². The normalized spacial score (nSPS) is 15.4. The van der Waals surface area contributed by atoms with Gasteiger partial charge in [-0.1, -0.05) is 86.7 Å². The summed E-state index contributed by atoms with van der Waals surface area (Å²) >= 11 is 6.26. The number of anilines is 1. The summed E-state index contributed by atoms with van der Waals surface area (Å²) in [7, 11) is 0. The molecule has 1 heterocycles. The number of unbranched alkanes of at least 4 members (excludes halogenated alkanes) is 1. The number of carbonyl (C=O) groups is 3. The first kappa shape index (κ1) is 29.5. The quantitative estimate of drug-likeness (QED) is 0.300. The van der Waals surface area contributed by atoms with Gasteiger partial charge in [0.05, 0.1) is 0 Å². The first-order valence-electron chi connectivity index (χ1n) is 14.0. The number of aromatic nitrogens is 2. The molecule has 0 saturated heterocycles. The number of benzene rings is 2. The highest BCUT2D eigenvalue weighted by atomic mass is 35.5. The zero-order chi connectivity index (χ0) is 28.7. The number of imidazole rings is 1. The van der Waals surface area contributed by atoms with Crippen molar-refractivity contribution in [3.05, 3.63) is 82.4 Å². The van der Waals surface area contributed by atoms with Gasteiger partial charge in [0.2, 0.25) is 5.91 Å². The second-order valence-electron chi connectivity index (χ2n) is 10.6. The molecule has 1 saturated carbocycles. The maximum absolute atomic E-state index is 14.3. The number of amides is 2. The number of hydrogen-bond acceptors (Lipinski definition) is 5. The van der Waals surface area contributed by atoms with E-state index in [4.69, 9.17) is 23.1 Å². The molecular weight excluding hydrogens is 526 g/mol. The van der Waals surface area contributed by atoms with Crippen LogP contribution in [0.2, 0.25) is 5.15 Å². The zero-order valence-corrected chi connectivity index (χ0v) is 23.8. The number of nitrogens with zero attached hydrogens (tertiary/aromatic N) is 3. The average Bonchev–Trinajstić information content (AvgIpc) is 3.28. The third-order valence-corrected chi connectivity index (χ3v) is 8.19. The standard InChI is InChI=1S/C31H38ClN5O3/c1-2-3-14-28-35-29(32)26(21-38)37(28)19-22-15-17-24(18-16-22)31(34,23-10-6-4-7-11-23)30(40)36(20-27(33)39)25-12-8-5-9-13-25/h5,8-9,12-13,15-18,21,23H,2-4,6-7,10-11,14,19-20,34H2,1H3,(H2,33,39). The Morgan fingerprint density at radius 1 is 1.10 bits per heavy atom. The van der Waals surface area contributed by atoms with Crippen LogP contribution in [0.25, 0.3) is 0 Å². The number of para-hydroxylation sites is 1. The van der Waals surface area contributed by atoms with Crippen LogP contribution in [0.1, 0.15) is 79.3 Å². The molecule has 1 aliphatic carbocycles. The summed E-state index contributed by atoms with van der Waals surface area (Å²) in [6.45, 7) is 2.26. The van der Waals surface area contributed by atoms with Crippen molar-refractivity contribution in [2.45, 2.75) is 70.4 Å². The summed E-state index contributed by atoms with van der Waals surface area (Å²) < 4.78 is 1.85. The van der Waals surface area contributed by atoms with E-state index in [0.717, 1.165) is 69.0 Å². The molecule has 212 valence electrons. The SMILES string of the molecule is CCCCc1nc(Cl)c(C=O)n1Cc1ccc(C(N)(C(=O)N(CC(N)=O)c2ccccc2)C2CCCCC2)cc1. The van der Waals surface area contributed by atoms with Crippen LogP contribution in [0.4, 0.5) is 5.69 Å². The van der Waals surface area contributed by atoms with Crippen molar-refractivity contribution in [3.63, 3.8) is 0 Å². The molecule has 8 nitrogen and oxygen atoms in total. The summed E-state index contributed by atoms with van der Waals surface area (Å²) in [5, 5.41) is 0.206. The van der Waals surface area contributed by atoms with E-state index in [-0.39, 0.29) is 23.5 Å². The fraction of sp³-hybridized carbons (Fsp3) is 0.419. The molecule has 1 aromatic heterocycles. The summed E-state index contributed by atoms with van der Waals surface area (Å²) in [6, 6.07) is 16.7. The molecule has 1 atom stereocenters. The Bertz CT molecular complexity index is 1320. The van der Waals surface area contributed by atoms with E-state index in [2.05, 4.69) is 11.9 Å². The van der Waals surface area contributed by atoms with Crippen molar-refractivity contribution in [3.8, 4) is 0 Å². The number of hydrogen-bond donors (Lipinski definition) is 2. The highest BCUT2D eigenvalue weighted by Gasteiger charge is 2.46. The minimum atomic E-state index is -1.34. The minimum Gasteiger partial charge on any atom is -0.368 e. The lowest BCUT2D eigenvalue weighted by Gasteiger charge is -2.41. The lowest BCUT2D eigenvalue weighted by Crippen LogP contribution is -2.59. The van der Waals surface area contributed by atoms with E-state index in [1.165, 1.54) is 4.90 Å². The monoisotopic (exact) mass is 563 g/mol. The maximum atomic E-state index is 14.3. The number of aldehydes is 1. The van der Waals surface area contributed by atoms with Crippen LogP contribution in [0.5, 0.6) is 0 Å². The second-order valence-corrected chi connectivity index (χ2v) is 11.0. The number of aryl methyl sites for hydroxylation is 1. The molecule has 40 heavy (non-hydrogen) atoms. The van der Waals surface area contributed by atoms with Crippen LogP contribution in [0, 0.1) is 5.92 Å². The average molecular weight is 564 g/mol. The number of primary amides is 1. The van der Waals surface area contributed by atoms with Crippen LogP contribution in [-0.2, 0) is 28.1 Å². The van der Waals surface area contributed by atoms with Gasteiger partial charge >= 0.3 is 0 Å². The molecule has 4 rings (SSSR count). The van der Waals surface area contributed by atoms with Gasteiger partial charge in [-0.2, -0.15) is 0 Å². The minimum absolute atomic E-state index is 0.0894. The Labute approximate surface area is 240 Å². The highest BCUT2D eigenvalue weighted by molar-refractivity contribution is 6.31. The van der Waals surface area contributed by atoms with Crippen LogP contribution in [0.3, 0.4) is 0 Å². The van der Waals surface area contributed by atoms with E-state index in [1.54, 1.807) is 12.1 Å². The molecular formula is C31H38ClN5O3. The van der Waals surface area contributed by atoms with Crippen molar-refractivity contribution in [1.82, 2.24) is 9.55 Å². The third-order valence-electron chi connectivity index (χ3n) is 7.91. The fourth-order valence-corrected chi connectivity index (χ4v) is 5.97. The van der Waals surface area contributed by atoms with E-state index in [0.29, 0.717) is 23.5 Å². The molecule has 0 bridgehead atoms. The molecule has 0 spiro atoms. The molecule has 9 heteroatoms. The number of rotatable bonds is 12. The lowest BCUT2D eigenvalue weighted by atomic mass is 9.70. The smallest absolute Gasteiger partial charge is 0.252 e. The van der Waals surface area contributed by atoms with E-state index in [9.17, 15) is 14.4 Å². The second kappa shape index (κ2) is 13.2. The van der Waals surface area contributed by atoms with Gasteiger partial charge in [0.15, 0.2) is 11.4 Å². The number of carbonyl (C=O) groups excluding carboxylic acids is 3. The molecule has 0 radical (unpaired) electrons. The lowest BCUT2D eigenvalue weighted by molar-refractivity contribution is -0.128. The van der Waals surface area contributed by atoms with Gasteiger partial charge in [-0.25, -0.2) is 4.98 Å². The largest absolute Gasteiger partial charge is 0.368 e. The Morgan fingerprint density at radius 2 is 1.77 bits per heavy atom. The molecule has 1 unspecified atom stereocenters. The molecule has 4 N–H and O–H groups in total. The Morgan fingerprint density at radius 3 is 2.38 bits per heavy atom. The molecule has 2 amide bonds. The summed E-state index contributed by atoms with van der Waals surface area (Å²) in [5.74, 6) is -0.270. The van der Waals surface area contributed by atoms with Crippen LogP contribution >= 0.6 is 11.6 Å².